The maximum atomic E-state index is 14.0. The average molecular weight is 442 g/mol. The van der Waals surface area contributed by atoms with Crippen molar-refractivity contribution in [2.75, 3.05) is 4.90 Å². The molecule has 0 radical (unpaired) electrons. The molecule has 2 bridgehead atoms. The molecule has 1 fully saturated rings. The van der Waals surface area contributed by atoms with Crippen molar-refractivity contribution < 1.29 is 14.4 Å². The number of hydrogen-bond donors (Lipinski definition) is 0. The quantitative estimate of drug-likeness (QED) is 0.537. The lowest BCUT2D eigenvalue weighted by Crippen LogP contribution is -2.57. The van der Waals surface area contributed by atoms with Gasteiger partial charge in [0.2, 0.25) is 11.8 Å². The monoisotopic (exact) mass is 441 g/mol. The lowest BCUT2D eigenvalue weighted by molar-refractivity contribution is -0.132. The minimum atomic E-state index is -1.18. The molecule has 7 rings (SSSR count). The van der Waals surface area contributed by atoms with Crippen LogP contribution in [0.5, 0.6) is 0 Å². The fraction of sp³-hybridized carbons (Fsp3) is 0.222. The van der Waals surface area contributed by atoms with Crippen molar-refractivity contribution in [2.24, 2.45) is 11.8 Å². The number of carbonyl (C=O) groups is 3. The first-order valence-electron chi connectivity index (χ1n) is 10.7. The zero-order valence-corrected chi connectivity index (χ0v) is 18.4. The zero-order valence-electron chi connectivity index (χ0n) is 17.6. The minimum absolute atomic E-state index is 0.115. The summed E-state index contributed by atoms with van der Waals surface area (Å²) in [5.41, 5.74) is 3.77. The van der Waals surface area contributed by atoms with E-state index < -0.39 is 17.3 Å². The Labute approximate surface area is 190 Å². The summed E-state index contributed by atoms with van der Waals surface area (Å²) in [4.78, 5) is 42.6. The summed E-state index contributed by atoms with van der Waals surface area (Å²) in [6.07, 6.45) is 0. The van der Waals surface area contributed by atoms with Gasteiger partial charge in [-0.2, -0.15) is 0 Å². The molecule has 32 heavy (non-hydrogen) atoms. The van der Waals surface area contributed by atoms with Gasteiger partial charge in [-0.1, -0.05) is 66.2 Å². The van der Waals surface area contributed by atoms with Gasteiger partial charge in [-0.25, -0.2) is 4.90 Å². The van der Waals surface area contributed by atoms with E-state index >= 15 is 0 Å². The van der Waals surface area contributed by atoms with E-state index in [2.05, 4.69) is 0 Å². The molecule has 5 heteroatoms. The molecule has 0 spiro atoms. The van der Waals surface area contributed by atoms with Crippen LogP contribution in [0.25, 0.3) is 0 Å². The second-order valence-corrected chi connectivity index (χ2v) is 9.37. The van der Waals surface area contributed by atoms with Crippen LogP contribution in [0.4, 0.5) is 5.69 Å². The van der Waals surface area contributed by atoms with Crippen molar-refractivity contribution in [1.29, 1.82) is 0 Å². The summed E-state index contributed by atoms with van der Waals surface area (Å²) in [7, 11) is 0. The van der Waals surface area contributed by atoms with Gasteiger partial charge in [-0.05, 0) is 53.8 Å². The molecule has 3 aromatic rings. The van der Waals surface area contributed by atoms with E-state index in [4.69, 9.17) is 11.6 Å². The van der Waals surface area contributed by atoms with Gasteiger partial charge in [-0.15, -0.1) is 0 Å². The molecular weight excluding hydrogens is 422 g/mol. The van der Waals surface area contributed by atoms with E-state index in [0.29, 0.717) is 10.7 Å². The Bertz CT molecular complexity index is 1310. The zero-order chi connectivity index (χ0) is 22.4. The number of carbonyl (C=O) groups excluding carboxylic acids is 3. The van der Waals surface area contributed by atoms with Gasteiger partial charge in [-0.3, -0.25) is 14.4 Å². The number of rotatable bonds is 2. The molecule has 3 aliphatic carbocycles. The highest BCUT2D eigenvalue weighted by atomic mass is 35.5. The van der Waals surface area contributed by atoms with Gasteiger partial charge in [0.25, 0.3) is 0 Å². The number of amides is 2. The molecule has 158 valence electrons. The SMILES string of the molecule is CC(=O)C12c3ccccc3C(c3ccccc31)[C@H]1C(=O)N(c3ccc(C)c(Cl)c3)C(=O)[C@@H]12. The van der Waals surface area contributed by atoms with Gasteiger partial charge >= 0.3 is 0 Å². The molecule has 0 aromatic heterocycles. The van der Waals surface area contributed by atoms with E-state index in [9.17, 15) is 14.4 Å². The number of benzene rings is 3. The highest BCUT2D eigenvalue weighted by Gasteiger charge is 2.69. The van der Waals surface area contributed by atoms with Crippen LogP contribution >= 0.6 is 11.6 Å². The maximum Gasteiger partial charge on any atom is 0.239 e. The predicted octanol–water partition coefficient (Wildman–Crippen LogP) is 4.79. The molecule has 0 saturated carbocycles. The molecule has 2 amide bonds. The van der Waals surface area contributed by atoms with Gasteiger partial charge < -0.3 is 0 Å². The molecule has 1 heterocycles. The number of anilines is 1. The lowest BCUT2D eigenvalue weighted by atomic mass is 9.46. The Morgan fingerprint density at radius 3 is 2.06 bits per heavy atom. The first kappa shape index (κ1) is 19.4. The second-order valence-electron chi connectivity index (χ2n) is 8.97. The Balaban J connectivity index is 1.66. The number of ketones is 1. The highest BCUT2D eigenvalue weighted by molar-refractivity contribution is 6.32. The predicted molar refractivity (Wildman–Crippen MR) is 122 cm³/mol. The number of nitrogens with zero attached hydrogens (tertiary/aromatic N) is 1. The summed E-state index contributed by atoms with van der Waals surface area (Å²) in [6.45, 7) is 3.41. The third-order valence-electron chi connectivity index (χ3n) is 7.59. The van der Waals surface area contributed by atoms with Crippen LogP contribution in [0.15, 0.2) is 66.7 Å². The van der Waals surface area contributed by atoms with Gasteiger partial charge in [0.1, 0.15) is 5.78 Å². The van der Waals surface area contributed by atoms with Crippen molar-refractivity contribution in [3.05, 3.63) is 99.6 Å². The number of aryl methyl sites for hydroxylation is 1. The number of imide groups is 1. The molecule has 1 aliphatic heterocycles. The third-order valence-corrected chi connectivity index (χ3v) is 7.99. The molecule has 0 N–H and O–H groups in total. The van der Waals surface area contributed by atoms with E-state index in [1.165, 1.54) is 4.90 Å². The van der Waals surface area contributed by atoms with Gasteiger partial charge in [0.05, 0.1) is 22.9 Å². The molecule has 4 aliphatic rings. The Hall–Kier alpha value is -3.24. The lowest BCUT2D eigenvalue weighted by Gasteiger charge is -2.52. The van der Waals surface area contributed by atoms with Crippen LogP contribution in [0.2, 0.25) is 5.02 Å². The Kier molecular flexibility index (Phi) is 3.89. The van der Waals surface area contributed by atoms with Crippen LogP contribution in [-0.4, -0.2) is 17.6 Å². The first-order chi connectivity index (χ1) is 15.4. The topological polar surface area (TPSA) is 54.5 Å². The Morgan fingerprint density at radius 2 is 1.50 bits per heavy atom. The van der Waals surface area contributed by atoms with Crippen molar-refractivity contribution >= 4 is 34.9 Å². The molecule has 2 atom stereocenters. The summed E-state index contributed by atoms with van der Waals surface area (Å²) in [5, 5.41) is 0.494. The van der Waals surface area contributed by atoms with E-state index in [-0.39, 0.29) is 23.5 Å². The Morgan fingerprint density at radius 1 is 0.906 bits per heavy atom. The average Bonchev–Trinajstić information content (AvgIpc) is 3.06. The third kappa shape index (κ3) is 2.11. The van der Waals surface area contributed by atoms with E-state index in [0.717, 1.165) is 27.8 Å². The van der Waals surface area contributed by atoms with Crippen LogP contribution in [0.1, 0.15) is 40.7 Å². The van der Waals surface area contributed by atoms with Gasteiger partial charge in [0, 0.05) is 10.9 Å². The van der Waals surface area contributed by atoms with Crippen LogP contribution in [0.3, 0.4) is 0 Å². The molecule has 3 aromatic carbocycles. The summed E-state index contributed by atoms with van der Waals surface area (Å²) < 4.78 is 0. The number of halogens is 1. The minimum Gasteiger partial charge on any atom is -0.299 e. The van der Waals surface area contributed by atoms with Crippen LogP contribution in [-0.2, 0) is 19.8 Å². The van der Waals surface area contributed by atoms with Crippen LogP contribution < -0.4 is 4.90 Å². The normalized spacial score (nSPS) is 27.2. The molecule has 0 unspecified atom stereocenters. The standard InChI is InChI=1S/C27H20ClNO3/c1-14-11-12-16(13-21(14)28)29-25(31)23-22-17-7-3-5-9-19(17)27(15(2)30,24(23)26(29)32)20-10-6-4-8-18(20)22/h3-13,22-24H,1-2H3/t22?,23-,24-,27?/m1/s1. The van der Waals surface area contributed by atoms with E-state index in [1.54, 1.807) is 25.1 Å². The fourth-order valence-electron chi connectivity index (χ4n) is 6.35. The summed E-state index contributed by atoms with van der Waals surface area (Å²) >= 11 is 6.33. The van der Waals surface area contributed by atoms with Crippen molar-refractivity contribution in [3.8, 4) is 0 Å². The smallest absolute Gasteiger partial charge is 0.239 e. The summed E-state index contributed by atoms with van der Waals surface area (Å²) in [5.74, 6) is -2.38. The fourth-order valence-corrected chi connectivity index (χ4v) is 6.52. The number of Topliss-reactive ketones (excluding diaryl/α,β-unsaturated/α-hetero) is 1. The second kappa shape index (κ2) is 6.39. The highest BCUT2D eigenvalue weighted by Crippen LogP contribution is 2.64. The molecule has 4 nitrogen and oxygen atoms in total. The van der Waals surface area contributed by atoms with Gasteiger partial charge in [0.15, 0.2) is 0 Å². The molecular formula is C27H20ClNO3. The molecule has 1 saturated heterocycles. The first-order valence-corrected chi connectivity index (χ1v) is 11.1. The maximum absolute atomic E-state index is 14.0. The van der Waals surface area contributed by atoms with Crippen molar-refractivity contribution in [3.63, 3.8) is 0 Å². The van der Waals surface area contributed by atoms with E-state index in [1.807, 2.05) is 55.5 Å². The largest absolute Gasteiger partial charge is 0.299 e. The number of hydrogen-bond acceptors (Lipinski definition) is 3. The van der Waals surface area contributed by atoms with Crippen molar-refractivity contribution in [1.82, 2.24) is 0 Å². The summed E-state index contributed by atoms with van der Waals surface area (Å²) in [6, 6.07) is 20.8. The van der Waals surface area contributed by atoms with Crippen LogP contribution in [0, 0.1) is 18.8 Å². The van der Waals surface area contributed by atoms with Crippen molar-refractivity contribution in [2.45, 2.75) is 25.2 Å².